The molecule has 22 heteroatoms. The molecule has 0 spiro atoms. The topological polar surface area (TPSA) is 365 Å². The van der Waals surface area contributed by atoms with Crippen LogP contribution in [-0.2, 0) is 38.0 Å². The first-order chi connectivity index (χ1) is 38.8. The molecule has 3 heterocycles. The number of nitrogens with one attached hydrogen (secondary N) is 1. The molecule has 3 aliphatic heterocycles. The Labute approximate surface area is 482 Å². The third-order valence-corrected chi connectivity index (χ3v) is 16.3. The number of hydrogen-bond acceptors (Lipinski definition) is 21. The molecule has 3 rings (SSSR count). The highest BCUT2D eigenvalue weighted by molar-refractivity contribution is 6.05. The van der Waals surface area contributed by atoms with Gasteiger partial charge in [-0.1, -0.05) is 194 Å². The summed E-state index contributed by atoms with van der Waals surface area (Å²) < 4.78 is 34.9. The normalized spacial score (nSPS) is 31.0. The lowest BCUT2D eigenvalue weighted by atomic mass is 9.96. The summed E-state index contributed by atoms with van der Waals surface area (Å²) in [5.41, 5.74) is 0. The number of unbranched alkanes of at least 4 members (excludes halogenated alkanes) is 24. The summed E-state index contributed by atoms with van der Waals surface area (Å²) in [5, 5.41) is 143. The Morgan fingerprint density at radius 2 is 0.901 bits per heavy atom. The Morgan fingerprint density at radius 1 is 0.481 bits per heavy atom. The van der Waals surface area contributed by atoms with E-state index in [0.717, 1.165) is 70.6 Å². The third-order valence-electron chi connectivity index (χ3n) is 16.3. The molecule has 0 saturated carbocycles. The number of ether oxygens (including phenoxy) is 6. The number of aliphatic hydroxyl groups is 13. The van der Waals surface area contributed by atoms with E-state index in [0.29, 0.717) is 18.8 Å². The van der Waals surface area contributed by atoms with Gasteiger partial charge < -0.3 is 100 Å². The summed E-state index contributed by atoms with van der Waals surface area (Å²) in [7, 11) is 0. The zero-order valence-electron chi connectivity index (χ0n) is 49.3. The smallest absolute Gasteiger partial charge is 0.257 e. The summed E-state index contributed by atoms with van der Waals surface area (Å²) >= 11 is 0. The third kappa shape index (κ3) is 26.1. The van der Waals surface area contributed by atoms with Gasteiger partial charge in [-0.25, -0.2) is 0 Å². The molecule has 478 valence electrons. The molecule has 0 aliphatic carbocycles. The van der Waals surface area contributed by atoms with Crippen molar-refractivity contribution in [1.82, 2.24) is 5.32 Å². The number of amides is 1. The Bertz CT molecular complexity index is 1620. The molecule has 20 unspecified atom stereocenters. The lowest BCUT2D eigenvalue weighted by molar-refractivity contribution is -0.386. The number of carbonyl (C=O) groups excluding carboxylic acids is 2. The van der Waals surface area contributed by atoms with Crippen LogP contribution in [-0.4, -0.2) is 220 Å². The van der Waals surface area contributed by atoms with E-state index in [1.54, 1.807) is 0 Å². The summed E-state index contributed by atoms with van der Waals surface area (Å²) in [4.78, 5) is 26.9. The zero-order chi connectivity index (χ0) is 59.9. The summed E-state index contributed by atoms with van der Waals surface area (Å²) in [5.74, 6) is -1.83. The van der Waals surface area contributed by atoms with E-state index in [2.05, 4.69) is 26.1 Å². The number of carbonyl (C=O) groups is 2. The van der Waals surface area contributed by atoms with Crippen LogP contribution in [0, 0.1) is 5.92 Å². The van der Waals surface area contributed by atoms with Crippen molar-refractivity contribution in [3.63, 3.8) is 0 Å². The second-order valence-electron chi connectivity index (χ2n) is 23.7. The van der Waals surface area contributed by atoms with Crippen LogP contribution in [0.4, 0.5) is 0 Å². The molecule has 0 bridgehead atoms. The van der Waals surface area contributed by atoms with E-state index in [9.17, 15) is 76.0 Å². The van der Waals surface area contributed by atoms with Crippen LogP contribution >= 0.6 is 0 Å². The van der Waals surface area contributed by atoms with E-state index in [1.165, 1.54) is 96.8 Å². The fourth-order valence-electron chi connectivity index (χ4n) is 10.9. The maximum atomic E-state index is 13.6. The molecule has 3 aliphatic rings. The van der Waals surface area contributed by atoms with Crippen LogP contribution in [0.15, 0.2) is 0 Å². The van der Waals surface area contributed by atoms with Crippen molar-refractivity contribution in [1.29, 1.82) is 0 Å². The van der Waals surface area contributed by atoms with Gasteiger partial charge in [-0.3, -0.25) is 9.59 Å². The Balaban J connectivity index is 1.66. The minimum atomic E-state index is -2.39. The SMILES string of the molecule is CCCCCCCCCCCCCCCCCCCCC(O)C(=O)C(O)C(=O)NC(COC1OC(CO)C(OC2OC(CO)C(O)C(O)C2O)C(OC2OC(C)C(O)C(O)C2O)C1O)C(O)C(O)CCCCCCCCCCC(C)C. The van der Waals surface area contributed by atoms with Crippen LogP contribution in [0.5, 0.6) is 0 Å². The van der Waals surface area contributed by atoms with Gasteiger partial charge in [0.1, 0.15) is 79.4 Å². The minimum Gasteiger partial charge on any atom is -0.394 e. The number of Topliss-reactive ketones (excluding diaryl/α,β-unsaturated/α-hetero) is 1. The van der Waals surface area contributed by atoms with E-state index in [4.69, 9.17) is 28.4 Å². The average molecular weight is 1170 g/mol. The van der Waals surface area contributed by atoms with Gasteiger partial charge in [-0.2, -0.15) is 0 Å². The molecule has 0 radical (unpaired) electrons. The maximum Gasteiger partial charge on any atom is 0.257 e. The van der Waals surface area contributed by atoms with Crippen LogP contribution in [0.2, 0.25) is 0 Å². The Morgan fingerprint density at radius 3 is 1.38 bits per heavy atom. The minimum absolute atomic E-state index is 0.00255. The van der Waals surface area contributed by atoms with Gasteiger partial charge in [0.2, 0.25) is 0 Å². The molecule has 0 aromatic heterocycles. The van der Waals surface area contributed by atoms with Gasteiger partial charge in [-0.15, -0.1) is 0 Å². The van der Waals surface area contributed by atoms with Gasteiger partial charge in [0.05, 0.1) is 38.1 Å². The molecular formula is C59H111NO21. The second kappa shape index (κ2) is 41.5. The number of ketones is 1. The standard InChI is InChI=1S/C59H111NO21/c1-5-6-7-8-9-10-11-12-13-14-15-16-17-18-19-23-27-30-33-41(64)46(67)50(71)56(75)60-39(45(66)40(63)32-29-26-24-21-20-22-25-28-31-37(2)3)36-76-57-53(74)55(81-58-51(72)48(69)44(65)38(4)77-58)54(43(35-62)79-57)80-59-52(73)49(70)47(68)42(34-61)78-59/h37-45,47-55,57-59,61-66,68-74H,5-36H2,1-4H3,(H,60,75). The van der Waals surface area contributed by atoms with E-state index in [1.807, 2.05) is 0 Å². The van der Waals surface area contributed by atoms with Crippen molar-refractivity contribution in [3.05, 3.63) is 0 Å². The quantitative estimate of drug-likeness (QED) is 0.0308. The van der Waals surface area contributed by atoms with E-state index in [-0.39, 0.29) is 12.8 Å². The molecule has 14 N–H and O–H groups in total. The highest BCUT2D eigenvalue weighted by Crippen LogP contribution is 2.34. The fraction of sp³-hybridized carbons (Fsp3) is 0.966. The van der Waals surface area contributed by atoms with Crippen molar-refractivity contribution in [2.24, 2.45) is 5.92 Å². The first-order valence-electron chi connectivity index (χ1n) is 31.2. The lowest BCUT2D eigenvalue weighted by Gasteiger charge is -2.49. The van der Waals surface area contributed by atoms with Gasteiger partial charge >= 0.3 is 0 Å². The molecule has 22 nitrogen and oxygen atoms in total. The highest BCUT2D eigenvalue weighted by atomic mass is 16.8. The van der Waals surface area contributed by atoms with Crippen LogP contribution < -0.4 is 5.32 Å². The van der Waals surface area contributed by atoms with Crippen molar-refractivity contribution < 1.29 is 104 Å². The van der Waals surface area contributed by atoms with Gasteiger partial charge in [0.25, 0.3) is 5.91 Å². The van der Waals surface area contributed by atoms with Crippen molar-refractivity contribution in [2.75, 3.05) is 19.8 Å². The van der Waals surface area contributed by atoms with Crippen LogP contribution in [0.1, 0.15) is 214 Å². The summed E-state index contributed by atoms with van der Waals surface area (Å²) in [6.07, 6.45) is -3.84. The van der Waals surface area contributed by atoms with Crippen molar-refractivity contribution in [2.45, 2.75) is 336 Å². The van der Waals surface area contributed by atoms with Crippen LogP contribution in [0.3, 0.4) is 0 Å². The zero-order valence-corrected chi connectivity index (χ0v) is 49.3. The van der Waals surface area contributed by atoms with E-state index < -0.39 is 154 Å². The molecule has 1 amide bonds. The number of hydrogen-bond donors (Lipinski definition) is 14. The van der Waals surface area contributed by atoms with Crippen molar-refractivity contribution >= 4 is 11.7 Å². The van der Waals surface area contributed by atoms with Gasteiger partial charge in [0.15, 0.2) is 30.8 Å². The molecule has 20 atom stereocenters. The van der Waals surface area contributed by atoms with E-state index >= 15 is 0 Å². The predicted octanol–water partition coefficient (Wildman–Crippen LogP) is 2.97. The highest BCUT2D eigenvalue weighted by Gasteiger charge is 2.54. The van der Waals surface area contributed by atoms with Crippen LogP contribution in [0.25, 0.3) is 0 Å². The monoisotopic (exact) mass is 1170 g/mol. The first kappa shape index (κ1) is 73.6. The number of aliphatic hydroxyl groups excluding tert-OH is 13. The molecule has 3 fully saturated rings. The van der Waals surface area contributed by atoms with Gasteiger partial charge in [-0.05, 0) is 25.7 Å². The molecule has 81 heavy (non-hydrogen) atoms. The Kier molecular flexibility index (Phi) is 37.7. The predicted molar refractivity (Wildman–Crippen MR) is 299 cm³/mol. The average Bonchev–Trinajstić information content (AvgIpc) is 3.49. The number of rotatable bonds is 45. The fourth-order valence-corrected chi connectivity index (χ4v) is 10.9. The molecule has 0 aromatic carbocycles. The molecular weight excluding hydrogens is 1060 g/mol. The first-order valence-corrected chi connectivity index (χ1v) is 31.2. The lowest BCUT2D eigenvalue weighted by Crippen LogP contribution is -2.67. The summed E-state index contributed by atoms with van der Waals surface area (Å²) in [6.45, 7) is 5.42. The van der Waals surface area contributed by atoms with Crippen molar-refractivity contribution in [3.8, 4) is 0 Å². The molecule has 0 aromatic rings. The second-order valence-corrected chi connectivity index (χ2v) is 23.7. The maximum absolute atomic E-state index is 13.6. The molecule has 3 saturated heterocycles. The largest absolute Gasteiger partial charge is 0.394 e. The van der Waals surface area contributed by atoms with Gasteiger partial charge in [0, 0.05) is 0 Å². The summed E-state index contributed by atoms with van der Waals surface area (Å²) in [6, 6.07) is -1.63. The Hall–Kier alpha value is -1.62.